The second-order valence-corrected chi connectivity index (χ2v) is 5.29. The molecular weight excluding hydrogens is 365 g/mol. The molecule has 18 heavy (non-hydrogen) atoms. The first-order chi connectivity index (χ1) is 8.65. The Balaban J connectivity index is 1.91. The maximum absolute atomic E-state index is 11.8. The van der Waals surface area contributed by atoms with E-state index in [1.165, 1.54) is 0 Å². The molecule has 0 fully saturated rings. The predicted octanol–water partition coefficient (Wildman–Crippen LogP) is 3.17. The summed E-state index contributed by atoms with van der Waals surface area (Å²) in [5.74, 6) is -0.0364. The standard InChI is InChI=1S/C12H11ClIN3O/c13-9-2-3-11(10(14)8-9)16-12(18)4-7-17-6-1-5-15-17/h1-3,5-6,8H,4,7H2,(H,16,18). The SMILES string of the molecule is O=C(CCn1cccn1)Nc1ccc(Cl)cc1I. The second-order valence-electron chi connectivity index (χ2n) is 3.69. The quantitative estimate of drug-likeness (QED) is 0.835. The lowest BCUT2D eigenvalue weighted by Crippen LogP contribution is -2.15. The highest BCUT2D eigenvalue weighted by Gasteiger charge is 2.06. The number of carbonyl (C=O) groups excluding carboxylic acids is 1. The van der Waals surface area contributed by atoms with Gasteiger partial charge in [-0.15, -0.1) is 0 Å². The van der Waals surface area contributed by atoms with E-state index in [1.807, 2.05) is 18.3 Å². The Labute approximate surface area is 123 Å². The number of hydrogen-bond acceptors (Lipinski definition) is 2. The third kappa shape index (κ3) is 3.71. The van der Waals surface area contributed by atoms with Crippen LogP contribution in [0.5, 0.6) is 0 Å². The van der Waals surface area contributed by atoms with Crippen LogP contribution in [0.15, 0.2) is 36.7 Å². The maximum atomic E-state index is 11.8. The van der Waals surface area contributed by atoms with Crippen LogP contribution in [0.2, 0.25) is 5.02 Å². The van der Waals surface area contributed by atoms with E-state index in [9.17, 15) is 4.79 Å². The molecule has 0 spiro atoms. The first-order valence-corrected chi connectivity index (χ1v) is 6.83. The number of hydrogen-bond donors (Lipinski definition) is 1. The van der Waals surface area contributed by atoms with Crippen molar-refractivity contribution in [1.82, 2.24) is 9.78 Å². The van der Waals surface area contributed by atoms with Gasteiger partial charge >= 0.3 is 0 Å². The Morgan fingerprint density at radius 1 is 1.50 bits per heavy atom. The predicted molar refractivity (Wildman–Crippen MR) is 79.6 cm³/mol. The van der Waals surface area contributed by atoms with Gasteiger partial charge in [0.2, 0.25) is 5.91 Å². The summed E-state index contributed by atoms with van der Waals surface area (Å²) < 4.78 is 2.65. The number of nitrogens with one attached hydrogen (secondary N) is 1. The van der Waals surface area contributed by atoms with E-state index in [0.29, 0.717) is 18.0 Å². The van der Waals surface area contributed by atoms with Crippen molar-refractivity contribution in [3.05, 3.63) is 45.3 Å². The van der Waals surface area contributed by atoms with Crippen molar-refractivity contribution >= 4 is 45.8 Å². The van der Waals surface area contributed by atoms with Gasteiger partial charge in [0.25, 0.3) is 0 Å². The third-order valence-corrected chi connectivity index (χ3v) is 3.46. The van der Waals surface area contributed by atoms with Gasteiger partial charge in [-0.05, 0) is 46.9 Å². The van der Waals surface area contributed by atoms with Crippen LogP contribution in [0.1, 0.15) is 6.42 Å². The minimum absolute atomic E-state index is 0.0364. The summed E-state index contributed by atoms with van der Waals surface area (Å²) in [5, 5.41) is 7.56. The van der Waals surface area contributed by atoms with E-state index in [1.54, 1.807) is 23.0 Å². The lowest BCUT2D eigenvalue weighted by Gasteiger charge is -2.07. The summed E-state index contributed by atoms with van der Waals surface area (Å²) in [6.07, 6.45) is 3.92. The number of halogens is 2. The van der Waals surface area contributed by atoms with E-state index in [2.05, 4.69) is 33.0 Å². The van der Waals surface area contributed by atoms with Crippen molar-refractivity contribution in [1.29, 1.82) is 0 Å². The van der Waals surface area contributed by atoms with Crippen LogP contribution in [0.3, 0.4) is 0 Å². The topological polar surface area (TPSA) is 46.9 Å². The Morgan fingerprint density at radius 3 is 3.00 bits per heavy atom. The summed E-state index contributed by atoms with van der Waals surface area (Å²) in [6.45, 7) is 0.572. The van der Waals surface area contributed by atoms with Crippen LogP contribution in [0.4, 0.5) is 5.69 Å². The molecule has 0 aliphatic heterocycles. The number of benzene rings is 1. The summed E-state index contributed by atoms with van der Waals surface area (Å²) in [7, 11) is 0. The van der Waals surface area contributed by atoms with Crippen molar-refractivity contribution in [3.8, 4) is 0 Å². The normalized spacial score (nSPS) is 10.3. The molecule has 1 N–H and O–H groups in total. The Morgan fingerprint density at radius 2 is 2.33 bits per heavy atom. The third-order valence-electron chi connectivity index (χ3n) is 2.33. The molecule has 0 saturated heterocycles. The van der Waals surface area contributed by atoms with Gasteiger partial charge in [0.05, 0.1) is 5.69 Å². The van der Waals surface area contributed by atoms with Gasteiger partial charge in [-0.2, -0.15) is 5.10 Å². The summed E-state index contributed by atoms with van der Waals surface area (Å²) in [4.78, 5) is 11.8. The Kier molecular flexibility index (Phi) is 4.60. The molecule has 0 aliphatic carbocycles. The van der Waals surface area contributed by atoms with Crippen LogP contribution in [-0.2, 0) is 11.3 Å². The second kappa shape index (κ2) is 6.19. The minimum Gasteiger partial charge on any atom is -0.325 e. The molecule has 0 saturated carbocycles. The largest absolute Gasteiger partial charge is 0.325 e. The molecule has 0 bridgehead atoms. The van der Waals surface area contributed by atoms with Crippen molar-refractivity contribution in [2.24, 2.45) is 0 Å². The van der Waals surface area contributed by atoms with Crippen molar-refractivity contribution in [2.45, 2.75) is 13.0 Å². The van der Waals surface area contributed by atoms with Crippen LogP contribution in [-0.4, -0.2) is 15.7 Å². The van der Waals surface area contributed by atoms with Gasteiger partial charge in [-0.1, -0.05) is 11.6 Å². The maximum Gasteiger partial charge on any atom is 0.226 e. The fourth-order valence-corrected chi connectivity index (χ4v) is 2.46. The molecule has 0 unspecified atom stereocenters. The van der Waals surface area contributed by atoms with E-state index < -0.39 is 0 Å². The van der Waals surface area contributed by atoms with Crippen molar-refractivity contribution < 1.29 is 4.79 Å². The zero-order valence-corrected chi connectivity index (χ0v) is 12.4. The molecule has 6 heteroatoms. The first kappa shape index (κ1) is 13.4. The number of amides is 1. The molecule has 1 aromatic heterocycles. The molecule has 94 valence electrons. The van der Waals surface area contributed by atoms with Crippen molar-refractivity contribution in [2.75, 3.05) is 5.32 Å². The van der Waals surface area contributed by atoms with Crippen LogP contribution < -0.4 is 5.32 Å². The monoisotopic (exact) mass is 375 g/mol. The van der Waals surface area contributed by atoms with Crippen LogP contribution >= 0.6 is 34.2 Å². The van der Waals surface area contributed by atoms with E-state index >= 15 is 0 Å². The number of anilines is 1. The van der Waals surface area contributed by atoms with Gasteiger partial charge in [-0.25, -0.2) is 0 Å². The van der Waals surface area contributed by atoms with Gasteiger partial charge < -0.3 is 5.32 Å². The average molecular weight is 376 g/mol. The molecule has 0 radical (unpaired) electrons. The number of aryl methyl sites for hydroxylation is 1. The Bertz CT molecular complexity index is 542. The van der Waals surface area contributed by atoms with Gasteiger partial charge in [-0.3, -0.25) is 9.48 Å². The molecule has 2 aromatic rings. The van der Waals surface area contributed by atoms with Crippen LogP contribution in [0.25, 0.3) is 0 Å². The highest BCUT2D eigenvalue weighted by atomic mass is 127. The average Bonchev–Trinajstić information content (AvgIpc) is 2.83. The summed E-state index contributed by atoms with van der Waals surface area (Å²) in [6, 6.07) is 7.20. The van der Waals surface area contributed by atoms with E-state index in [0.717, 1.165) is 9.26 Å². The molecular formula is C12H11ClIN3O. The number of aromatic nitrogens is 2. The number of nitrogens with zero attached hydrogens (tertiary/aromatic N) is 2. The number of rotatable bonds is 4. The highest BCUT2D eigenvalue weighted by Crippen LogP contribution is 2.22. The molecule has 1 aromatic carbocycles. The zero-order chi connectivity index (χ0) is 13.0. The smallest absolute Gasteiger partial charge is 0.226 e. The zero-order valence-electron chi connectivity index (χ0n) is 9.44. The minimum atomic E-state index is -0.0364. The van der Waals surface area contributed by atoms with Gasteiger partial charge in [0, 0.05) is 34.0 Å². The Hall–Kier alpha value is -1.08. The number of carbonyl (C=O) groups is 1. The molecule has 2 rings (SSSR count). The molecule has 0 atom stereocenters. The highest BCUT2D eigenvalue weighted by molar-refractivity contribution is 14.1. The fraction of sp³-hybridized carbons (Fsp3) is 0.167. The molecule has 1 amide bonds. The summed E-state index contributed by atoms with van der Waals surface area (Å²) in [5.41, 5.74) is 0.783. The fourth-order valence-electron chi connectivity index (χ4n) is 1.45. The van der Waals surface area contributed by atoms with Gasteiger partial charge in [0.15, 0.2) is 0 Å². The van der Waals surface area contributed by atoms with Gasteiger partial charge in [0.1, 0.15) is 0 Å². The molecule has 0 aliphatic rings. The van der Waals surface area contributed by atoms with E-state index in [-0.39, 0.29) is 5.91 Å². The summed E-state index contributed by atoms with van der Waals surface area (Å²) >= 11 is 7.99. The van der Waals surface area contributed by atoms with Crippen LogP contribution in [0, 0.1) is 3.57 Å². The molecule has 1 heterocycles. The first-order valence-electron chi connectivity index (χ1n) is 5.37. The van der Waals surface area contributed by atoms with E-state index in [4.69, 9.17) is 11.6 Å². The molecule has 4 nitrogen and oxygen atoms in total. The lowest BCUT2D eigenvalue weighted by molar-refractivity contribution is -0.116. The lowest BCUT2D eigenvalue weighted by atomic mass is 10.3. The van der Waals surface area contributed by atoms with Crippen molar-refractivity contribution in [3.63, 3.8) is 0 Å².